The van der Waals surface area contributed by atoms with E-state index in [4.69, 9.17) is 4.74 Å². The number of hydrogen-bond donors (Lipinski definition) is 2. The van der Waals surface area contributed by atoms with Gasteiger partial charge in [-0.05, 0) is 42.3 Å². The first-order valence-corrected chi connectivity index (χ1v) is 7.77. The van der Waals surface area contributed by atoms with Crippen LogP contribution in [0.25, 0.3) is 10.9 Å². The molecule has 0 aliphatic rings. The summed E-state index contributed by atoms with van der Waals surface area (Å²) in [5.41, 5.74) is 2.17. The predicted molar refractivity (Wildman–Crippen MR) is 93.0 cm³/mol. The minimum Gasteiger partial charge on any atom is -0.497 e. The van der Waals surface area contributed by atoms with E-state index >= 15 is 0 Å². The van der Waals surface area contributed by atoms with Gasteiger partial charge in [0.05, 0.1) is 19.3 Å². The number of rotatable bonds is 6. The van der Waals surface area contributed by atoms with Crippen molar-refractivity contribution in [3.05, 3.63) is 66.4 Å². The number of aromatic nitrogens is 1. The molecule has 3 rings (SSSR count). The largest absolute Gasteiger partial charge is 0.497 e. The maximum absolute atomic E-state index is 10.7. The molecule has 2 atom stereocenters. The summed E-state index contributed by atoms with van der Waals surface area (Å²) >= 11 is 0. The van der Waals surface area contributed by atoms with Crippen LogP contribution in [0.2, 0.25) is 0 Å². The summed E-state index contributed by atoms with van der Waals surface area (Å²) in [7, 11) is 3.50. The summed E-state index contributed by atoms with van der Waals surface area (Å²) in [5, 5.41) is 14.9. The summed E-state index contributed by atoms with van der Waals surface area (Å²) in [6, 6.07) is 18.0. The Morgan fingerprint density at radius 3 is 2.52 bits per heavy atom. The number of fused-ring (bicyclic) bond motifs is 1. The zero-order chi connectivity index (χ0) is 16.2. The van der Waals surface area contributed by atoms with Gasteiger partial charge >= 0.3 is 0 Å². The van der Waals surface area contributed by atoms with Crippen LogP contribution in [0.1, 0.15) is 11.6 Å². The molecule has 0 bridgehead atoms. The van der Waals surface area contributed by atoms with Gasteiger partial charge < -0.3 is 19.7 Å². The number of hydrogen-bond acceptors (Lipinski definition) is 3. The molecule has 2 aromatic carbocycles. The highest BCUT2D eigenvalue weighted by Crippen LogP contribution is 2.29. The molecule has 1 aromatic heterocycles. The summed E-state index contributed by atoms with van der Waals surface area (Å²) in [6.07, 6.45) is 1.50. The van der Waals surface area contributed by atoms with E-state index in [2.05, 4.69) is 28.1 Å². The van der Waals surface area contributed by atoms with Crippen LogP contribution in [0, 0.1) is 0 Å². The predicted octanol–water partition coefficient (Wildman–Crippen LogP) is 2.82. The number of nitrogens with zero attached hydrogens (tertiary/aromatic N) is 1. The fraction of sp³-hybridized carbons (Fsp3) is 0.263. The van der Waals surface area contributed by atoms with Crippen LogP contribution in [-0.2, 0) is 0 Å². The molecule has 0 spiro atoms. The summed E-state index contributed by atoms with van der Waals surface area (Å²) in [4.78, 5) is 0. The SMILES string of the molecule is CNC[C@H](O)[C@H](c1ccc(OC)cc1)n1ccc2ccccc21. The first-order valence-electron chi connectivity index (χ1n) is 7.77. The lowest BCUT2D eigenvalue weighted by Crippen LogP contribution is -2.33. The summed E-state index contributed by atoms with van der Waals surface area (Å²) in [6.45, 7) is 0.517. The fourth-order valence-corrected chi connectivity index (χ4v) is 3.04. The minimum absolute atomic E-state index is 0.159. The van der Waals surface area contributed by atoms with Crippen LogP contribution in [0.3, 0.4) is 0 Å². The Labute approximate surface area is 136 Å². The fourth-order valence-electron chi connectivity index (χ4n) is 3.04. The third-order valence-corrected chi connectivity index (χ3v) is 4.16. The van der Waals surface area contributed by atoms with Crippen molar-refractivity contribution in [2.75, 3.05) is 20.7 Å². The lowest BCUT2D eigenvalue weighted by Gasteiger charge is -2.26. The van der Waals surface area contributed by atoms with E-state index in [1.54, 1.807) is 7.11 Å². The van der Waals surface area contributed by atoms with Gasteiger partial charge in [-0.25, -0.2) is 0 Å². The van der Waals surface area contributed by atoms with E-state index in [0.717, 1.165) is 16.8 Å². The molecule has 4 heteroatoms. The molecule has 120 valence electrons. The molecule has 0 amide bonds. The zero-order valence-corrected chi connectivity index (χ0v) is 13.4. The Morgan fingerprint density at radius 2 is 1.83 bits per heavy atom. The average Bonchev–Trinajstić information content (AvgIpc) is 3.00. The van der Waals surface area contributed by atoms with Gasteiger partial charge in [0.15, 0.2) is 0 Å². The van der Waals surface area contributed by atoms with Crippen molar-refractivity contribution in [1.82, 2.24) is 9.88 Å². The molecule has 0 radical (unpaired) electrons. The average molecular weight is 310 g/mol. The smallest absolute Gasteiger partial charge is 0.118 e. The normalized spacial score (nSPS) is 13.9. The van der Waals surface area contributed by atoms with Crippen LogP contribution in [0.5, 0.6) is 5.75 Å². The lowest BCUT2D eigenvalue weighted by atomic mass is 10.0. The molecule has 0 unspecified atom stereocenters. The zero-order valence-electron chi connectivity index (χ0n) is 13.4. The van der Waals surface area contributed by atoms with Crippen molar-refractivity contribution in [1.29, 1.82) is 0 Å². The number of benzene rings is 2. The second kappa shape index (κ2) is 6.86. The van der Waals surface area contributed by atoms with Gasteiger partial charge in [0, 0.05) is 18.3 Å². The molecule has 0 fully saturated rings. The van der Waals surface area contributed by atoms with E-state index in [1.165, 1.54) is 5.39 Å². The van der Waals surface area contributed by atoms with Gasteiger partial charge in [-0.15, -0.1) is 0 Å². The third kappa shape index (κ3) is 3.09. The Bertz CT molecular complexity index is 764. The number of likely N-dealkylation sites (N-methyl/N-ethyl adjacent to an activating group) is 1. The van der Waals surface area contributed by atoms with Crippen molar-refractivity contribution in [3.63, 3.8) is 0 Å². The highest BCUT2D eigenvalue weighted by Gasteiger charge is 2.23. The van der Waals surface area contributed by atoms with Crippen molar-refractivity contribution < 1.29 is 9.84 Å². The van der Waals surface area contributed by atoms with E-state index in [-0.39, 0.29) is 6.04 Å². The Kier molecular flexibility index (Phi) is 4.65. The standard InChI is InChI=1S/C19H22N2O2/c1-20-13-18(22)19(15-7-9-16(23-2)10-8-15)21-12-11-14-5-3-4-6-17(14)21/h3-12,18-20,22H,13H2,1-2H3/t18-,19-/m0/s1. The molecule has 0 aliphatic heterocycles. The van der Waals surface area contributed by atoms with Crippen LogP contribution in [0.4, 0.5) is 0 Å². The minimum atomic E-state index is -0.538. The number of aliphatic hydroxyl groups excluding tert-OH is 1. The number of nitrogens with one attached hydrogen (secondary N) is 1. The van der Waals surface area contributed by atoms with E-state index in [0.29, 0.717) is 6.54 Å². The van der Waals surface area contributed by atoms with Crippen LogP contribution in [-0.4, -0.2) is 36.5 Å². The van der Waals surface area contributed by atoms with Gasteiger partial charge in [-0.1, -0.05) is 30.3 Å². The van der Waals surface area contributed by atoms with Crippen molar-refractivity contribution in [3.8, 4) is 5.75 Å². The van der Waals surface area contributed by atoms with Crippen LogP contribution in [0.15, 0.2) is 60.8 Å². The van der Waals surface area contributed by atoms with Crippen LogP contribution < -0.4 is 10.1 Å². The third-order valence-electron chi connectivity index (χ3n) is 4.16. The second-order valence-corrected chi connectivity index (χ2v) is 5.62. The van der Waals surface area contributed by atoms with Gasteiger partial charge in [0.25, 0.3) is 0 Å². The number of aliphatic hydroxyl groups is 1. The van der Waals surface area contributed by atoms with Crippen molar-refractivity contribution in [2.24, 2.45) is 0 Å². The van der Waals surface area contributed by atoms with E-state index in [1.807, 2.05) is 49.6 Å². The number of ether oxygens (including phenoxy) is 1. The quantitative estimate of drug-likeness (QED) is 0.736. The van der Waals surface area contributed by atoms with Gasteiger partial charge in [-0.3, -0.25) is 0 Å². The first kappa shape index (κ1) is 15.6. The van der Waals surface area contributed by atoms with Gasteiger partial charge in [0.1, 0.15) is 5.75 Å². The summed E-state index contributed by atoms with van der Waals surface area (Å²) < 4.78 is 7.37. The lowest BCUT2D eigenvalue weighted by molar-refractivity contribution is 0.132. The molecule has 0 aliphatic carbocycles. The monoisotopic (exact) mass is 310 g/mol. The number of methoxy groups -OCH3 is 1. The maximum Gasteiger partial charge on any atom is 0.118 e. The van der Waals surface area contributed by atoms with E-state index in [9.17, 15) is 5.11 Å². The molecule has 2 N–H and O–H groups in total. The highest BCUT2D eigenvalue weighted by molar-refractivity contribution is 5.80. The molecule has 1 heterocycles. The van der Waals surface area contributed by atoms with Gasteiger partial charge in [-0.2, -0.15) is 0 Å². The van der Waals surface area contributed by atoms with Crippen molar-refractivity contribution in [2.45, 2.75) is 12.1 Å². The Balaban J connectivity index is 2.07. The molecule has 23 heavy (non-hydrogen) atoms. The Hall–Kier alpha value is -2.30. The molecular formula is C19H22N2O2. The molecule has 3 aromatic rings. The number of para-hydroxylation sites is 1. The molecule has 0 saturated carbocycles. The van der Waals surface area contributed by atoms with Crippen LogP contribution >= 0.6 is 0 Å². The second-order valence-electron chi connectivity index (χ2n) is 5.62. The van der Waals surface area contributed by atoms with Crippen molar-refractivity contribution >= 4 is 10.9 Å². The summed E-state index contributed by atoms with van der Waals surface area (Å²) in [5.74, 6) is 0.813. The molecular weight excluding hydrogens is 288 g/mol. The Morgan fingerprint density at radius 1 is 1.09 bits per heavy atom. The maximum atomic E-state index is 10.7. The first-order chi connectivity index (χ1) is 11.2. The topological polar surface area (TPSA) is 46.4 Å². The molecule has 0 saturated heterocycles. The molecule has 4 nitrogen and oxygen atoms in total. The van der Waals surface area contributed by atoms with E-state index < -0.39 is 6.10 Å². The van der Waals surface area contributed by atoms with Gasteiger partial charge in [0.2, 0.25) is 0 Å². The highest BCUT2D eigenvalue weighted by atomic mass is 16.5.